The lowest BCUT2D eigenvalue weighted by Gasteiger charge is -2.10. The summed E-state index contributed by atoms with van der Waals surface area (Å²) in [5.74, 6) is 0. The molecule has 120 valence electrons. The van der Waals surface area contributed by atoms with Crippen LogP contribution in [0.3, 0.4) is 0 Å². The molecule has 0 radical (unpaired) electrons. The third-order valence-corrected chi connectivity index (χ3v) is 4.70. The molecule has 0 aliphatic carbocycles. The maximum Gasteiger partial charge on any atom is 0.175 e. The Bertz CT molecular complexity index is 1040. The highest BCUT2D eigenvalue weighted by molar-refractivity contribution is 7.90. The van der Waals surface area contributed by atoms with Crippen LogP contribution in [0, 0.1) is 11.3 Å². The van der Waals surface area contributed by atoms with Gasteiger partial charge < -0.3 is 5.73 Å². The van der Waals surface area contributed by atoms with E-state index in [2.05, 4.69) is 5.10 Å². The van der Waals surface area contributed by atoms with Gasteiger partial charge in [-0.2, -0.15) is 10.4 Å². The molecule has 1 aromatic heterocycles. The molecule has 0 saturated heterocycles. The highest BCUT2D eigenvalue weighted by Crippen LogP contribution is 2.27. The predicted molar refractivity (Wildman–Crippen MR) is 91.2 cm³/mol. The van der Waals surface area contributed by atoms with Gasteiger partial charge >= 0.3 is 0 Å². The van der Waals surface area contributed by atoms with Gasteiger partial charge in [-0.3, -0.25) is 0 Å². The fraction of sp³-hybridized carbons (Fsp3) is 0.0588. The molecular weight excluding hydrogens is 324 g/mol. The summed E-state index contributed by atoms with van der Waals surface area (Å²) in [5.41, 5.74) is 8.83. The number of anilines is 1. The van der Waals surface area contributed by atoms with Gasteiger partial charge in [-0.25, -0.2) is 13.1 Å². The Morgan fingerprint density at radius 1 is 1.12 bits per heavy atom. The highest BCUT2D eigenvalue weighted by atomic mass is 32.2. The van der Waals surface area contributed by atoms with Gasteiger partial charge in [-0.1, -0.05) is 24.3 Å². The summed E-state index contributed by atoms with van der Waals surface area (Å²) in [7, 11) is -3.26. The zero-order chi connectivity index (χ0) is 17.3. The molecule has 7 heteroatoms. The van der Waals surface area contributed by atoms with E-state index in [1.165, 1.54) is 12.1 Å². The van der Waals surface area contributed by atoms with Crippen molar-refractivity contribution < 1.29 is 8.42 Å². The third-order valence-electron chi connectivity index (χ3n) is 3.57. The first-order chi connectivity index (χ1) is 11.4. The molecule has 1 heterocycles. The van der Waals surface area contributed by atoms with E-state index in [1.54, 1.807) is 35.0 Å². The molecule has 0 aliphatic heterocycles. The van der Waals surface area contributed by atoms with Gasteiger partial charge in [0.25, 0.3) is 0 Å². The van der Waals surface area contributed by atoms with Crippen molar-refractivity contribution in [3.8, 4) is 23.0 Å². The minimum Gasteiger partial charge on any atom is -0.397 e. The molecule has 3 aromatic rings. The monoisotopic (exact) mass is 338 g/mol. The second-order valence-electron chi connectivity index (χ2n) is 5.29. The molecule has 0 saturated carbocycles. The van der Waals surface area contributed by atoms with Crippen LogP contribution in [-0.4, -0.2) is 24.5 Å². The molecule has 2 N–H and O–H groups in total. The zero-order valence-corrected chi connectivity index (χ0v) is 13.7. The molecule has 0 amide bonds. The number of para-hydroxylation sites is 2. The number of nitrogens with zero attached hydrogens (tertiary/aromatic N) is 3. The summed E-state index contributed by atoms with van der Waals surface area (Å²) < 4.78 is 24.8. The summed E-state index contributed by atoms with van der Waals surface area (Å²) in [6.45, 7) is 0. The van der Waals surface area contributed by atoms with Crippen molar-refractivity contribution in [2.75, 3.05) is 12.0 Å². The lowest BCUT2D eigenvalue weighted by atomic mass is 10.1. The molecule has 0 bridgehead atoms. The lowest BCUT2D eigenvalue weighted by molar-refractivity contribution is 0.602. The number of nitrogen functional groups attached to an aromatic ring is 1. The van der Waals surface area contributed by atoms with Gasteiger partial charge in [-0.05, 0) is 24.3 Å². The Morgan fingerprint density at radius 2 is 1.79 bits per heavy atom. The Balaban J connectivity index is 2.17. The smallest absolute Gasteiger partial charge is 0.175 e. The molecular formula is C17H14N4O2S. The lowest BCUT2D eigenvalue weighted by Crippen LogP contribution is -2.03. The van der Waals surface area contributed by atoms with Crippen molar-refractivity contribution in [1.82, 2.24) is 9.78 Å². The number of sulfone groups is 1. The number of nitriles is 1. The molecule has 3 rings (SSSR count). The Morgan fingerprint density at radius 3 is 2.38 bits per heavy atom. The van der Waals surface area contributed by atoms with E-state index in [1.807, 2.05) is 18.2 Å². The number of hydrogen-bond donors (Lipinski definition) is 1. The predicted octanol–water partition coefficient (Wildman–Crippen LogP) is 2.40. The van der Waals surface area contributed by atoms with Crippen molar-refractivity contribution in [2.24, 2.45) is 0 Å². The van der Waals surface area contributed by atoms with Crippen LogP contribution in [0.15, 0.2) is 59.5 Å². The first-order valence-corrected chi connectivity index (χ1v) is 8.95. The van der Waals surface area contributed by atoms with E-state index in [9.17, 15) is 8.42 Å². The first kappa shape index (κ1) is 15.8. The first-order valence-electron chi connectivity index (χ1n) is 7.05. The van der Waals surface area contributed by atoms with Crippen LogP contribution in [0.2, 0.25) is 0 Å². The van der Waals surface area contributed by atoms with Gasteiger partial charge in [0.15, 0.2) is 15.5 Å². The molecule has 0 spiro atoms. The molecule has 2 aromatic carbocycles. The van der Waals surface area contributed by atoms with Crippen molar-refractivity contribution in [3.05, 3.63) is 60.3 Å². The summed E-state index contributed by atoms with van der Waals surface area (Å²) in [6, 6.07) is 17.3. The van der Waals surface area contributed by atoms with Crippen LogP contribution in [0.25, 0.3) is 16.9 Å². The minimum atomic E-state index is -3.26. The summed E-state index contributed by atoms with van der Waals surface area (Å²) in [6.07, 6.45) is 1.16. The second kappa shape index (κ2) is 5.83. The van der Waals surface area contributed by atoms with Gasteiger partial charge in [0, 0.05) is 17.9 Å². The van der Waals surface area contributed by atoms with E-state index in [0.717, 1.165) is 11.8 Å². The van der Waals surface area contributed by atoms with Gasteiger partial charge in [0.05, 0.1) is 22.0 Å². The Labute approximate surface area is 139 Å². The number of aromatic nitrogens is 2. The molecule has 0 aliphatic rings. The van der Waals surface area contributed by atoms with Crippen LogP contribution in [-0.2, 0) is 9.84 Å². The molecule has 24 heavy (non-hydrogen) atoms. The van der Waals surface area contributed by atoms with Crippen LogP contribution in [0.1, 0.15) is 5.69 Å². The molecule has 0 atom stereocenters. The van der Waals surface area contributed by atoms with Crippen LogP contribution < -0.4 is 5.73 Å². The quantitative estimate of drug-likeness (QED) is 0.739. The molecule has 6 nitrogen and oxygen atoms in total. The molecule has 0 fully saturated rings. The van der Waals surface area contributed by atoms with Crippen molar-refractivity contribution >= 4 is 15.5 Å². The van der Waals surface area contributed by atoms with E-state index in [4.69, 9.17) is 11.0 Å². The average Bonchev–Trinajstić information content (AvgIpc) is 2.99. The van der Waals surface area contributed by atoms with Crippen LogP contribution in [0.5, 0.6) is 0 Å². The van der Waals surface area contributed by atoms with E-state index >= 15 is 0 Å². The number of rotatable bonds is 3. The number of benzene rings is 2. The Hall–Kier alpha value is -3.11. The minimum absolute atomic E-state index is 0.233. The SMILES string of the molecule is CS(=O)(=O)c1ccc(-c2cc(C#N)nn2-c2ccccc2N)cc1. The van der Waals surface area contributed by atoms with Crippen LogP contribution in [0.4, 0.5) is 5.69 Å². The normalized spacial score (nSPS) is 11.2. The number of nitrogens with two attached hydrogens (primary N) is 1. The largest absolute Gasteiger partial charge is 0.397 e. The fourth-order valence-corrected chi connectivity index (χ4v) is 3.01. The summed E-state index contributed by atoms with van der Waals surface area (Å²) >= 11 is 0. The van der Waals surface area contributed by atoms with Crippen molar-refractivity contribution in [3.63, 3.8) is 0 Å². The van der Waals surface area contributed by atoms with Gasteiger partial charge in [0.2, 0.25) is 0 Å². The topological polar surface area (TPSA) is 102 Å². The Kier molecular flexibility index (Phi) is 3.83. The average molecular weight is 338 g/mol. The number of hydrogen-bond acceptors (Lipinski definition) is 5. The third kappa shape index (κ3) is 2.87. The van der Waals surface area contributed by atoms with E-state index in [0.29, 0.717) is 17.1 Å². The maximum atomic E-state index is 11.6. The van der Waals surface area contributed by atoms with Crippen molar-refractivity contribution in [2.45, 2.75) is 4.90 Å². The summed E-state index contributed by atoms with van der Waals surface area (Å²) in [5, 5.41) is 13.4. The maximum absolute atomic E-state index is 11.6. The highest BCUT2D eigenvalue weighted by Gasteiger charge is 2.14. The zero-order valence-electron chi connectivity index (χ0n) is 12.8. The van der Waals surface area contributed by atoms with Crippen LogP contribution >= 0.6 is 0 Å². The fourth-order valence-electron chi connectivity index (χ4n) is 2.38. The van der Waals surface area contributed by atoms with E-state index in [-0.39, 0.29) is 10.6 Å². The van der Waals surface area contributed by atoms with Gasteiger partial charge in [0.1, 0.15) is 6.07 Å². The van der Waals surface area contributed by atoms with Crippen molar-refractivity contribution in [1.29, 1.82) is 5.26 Å². The van der Waals surface area contributed by atoms with Gasteiger partial charge in [-0.15, -0.1) is 0 Å². The summed E-state index contributed by atoms with van der Waals surface area (Å²) in [4.78, 5) is 0.233. The molecule has 0 unspecified atom stereocenters. The standard InChI is InChI=1S/C17H14N4O2S/c1-24(22,23)14-8-6-12(7-9-14)17-10-13(11-18)20-21(17)16-5-3-2-4-15(16)19/h2-10H,19H2,1H3. The van der Waals surface area contributed by atoms with E-state index < -0.39 is 9.84 Å². The second-order valence-corrected chi connectivity index (χ2v) is 7.31.